The Labute approximate surface area is 254 Å². The highest BCUT2D eigenvalue weighted by atomic mass is 16.7. The minimum absolute atomic E-state index is 0.0252. The fourth-order valence-corrected chi connectivity index (χ4v) is 5.21. The molecule has 0 aromatic heterocycles. The van der Waals surface area contributed by atoms with Crippen molar-refractivity contribution in [2.24, 2.45) is 5.92 Å². The largest absolute Gasteiger partial charge is 0.506 e. The highest BCUT2D eigenvalue weighted by Crippen LogP contribution is 2.42. The van der Waals surface area contributed by atoms with Gasteiger partial charge in [0.15, 0.2) is 6.29 Å². The molecule has 250 valence electrons. The average molecular weight is 645 g/mol. The van der Waals surface area contributed by atoms with E-state index in [1.165, 1.54) is 31.2 Å². The summed E-state index contributed by atoms with van der Waals surface area (Å²) in [5, 5.41) is 112. The van der Waals surface area contributed by atoms with E-state index >= 15 is 0 Å². The first-order valence-electron chi connectivity index (χ1n) is 13.9. The van der Waals surface area contributed by atoms with Gasteiger partial charge in [-0.15, -0.1) is 0 Å². The summed E-state index contributed by atoms with van der Waals surface area (Å²) in [4.78, 5) is 23.8. The number of ether oxygens (including phenoxy) is 4. The summed E-state index contributed by atoms with van der Waals surface area (Å²) in [6, 6.07) is 5.75. The number of benzene rings is 2. The minimum atomic E-state index is -1.97. The maximum Gasteiger partial charge on any atom is 0.339 e. The number of hydrogen-bond donors (Lipinski definition) is 11. The van der Waals surface area contributed by atoms with E-state index in [0.717, 1.165) is 0 Å². The van der Waals surface area contributed by atoms with Crippen LogP contribution in [0.2, 0.25) is 0 Å². The van der Waals surface area contributed by atoms with E-state index in [-0.39, 0.29) is 22.1 Å². The molecule has 11 N–H and O–H groups in total. The van der Waals surface area contributed by atoms with Crippen LogP contribution in [0.25, 0.3) is 10.8 Å². The van der Waals surface area contributed by atoms with Crippen molar-refractivity contribution in [1.82, 2.24) is 0 Å². The first-order chi connectivity index (χ1) is 21.2. The smallest absolute Gasteiger partial charge is 0.339 e. The number of aromatic hydroxyl groups is 1. The number of hydrogen-bond acceptors (Lipinski definition) is 15. The number of phenols is 1. The fraction of sp³-hybridized carbons (Fsp3) is 0.571. The Kier molecular flexibility index (Phi) is 10.8. The molecule has 0 spiro atoms. The predicted octanol–water partition coefficient (Wildman–Crippen LogP) is -3.13. The average Bonchev–Trinajstić information content (AvgIpc) is 3.01. The van der Waals surface area contributed by atoms with Gasteiger partial charge in [-0.05, 0) is 6.92 Å². The summed E-state index contributed by atoms with van der Waals surface area (Å²) in [6.07, 6.45) is -19.6. The number of carboxylic acids is 2. The molecule has 0 unspecified atom stereocenters. The van der Waals surface area contributed by atoms with Gasteiger partial charge in [0.05, 0.1) is 25.2 Å². The van der Waals surface area contributed by atoms with Crippen molar-refractivity contribution in [3.05, 3.63) is 35.4 Å². The lowest BCUT2D eigenvalue weighted by Gasteiger charge is -2.42. The van der Waals surface area contributed by atoms with Crippen LogP contribution in [0.15, 0.2) is 24.3 Å². The predicted molar refractivity (Wildman–Crippen MR) is 146 cm³/mol. The molecule has 12 atom stereocenters. The van der Waals surface area contributed by atoms with Crippen LogP contribution in [-0.4, -0.2) is 149 Å². The maximum absolute atomic E-state index is 12.3. The summed E-state index contributed by atoms with van der Waals surface area (Å²) >= 11 is 0. The van der Waals surface area contributed by atoms with Crippen LogP contribution in [0.1, 0.15) is 22.8 Å². The molecule has 0 amide bonds. The molecule has 2 saturated heterocycles. The first-order valence-corrected chi connectivity index (χ1v) is 13.9. The van der Waals surface area contributed by atoms with Crippen LogP contribution in [-0.2, 0) is 25.4 Å². The zero-order valence-electron chi connectivity index (χ0n) is 23.7. The zero-order valence-corrected chi connectivity index (χ0v) is 23.7. The molecule has 2 aromatic rings. The Morgan fingerprint density at radius 3 is 1.98 bits per heavy atom. The molecule has 2 aliphatic heterocycles. The van der Waals surface area contributed by atoms with Crippen LogP contribution in [0, 0.1) is 5.92 Å². The first kappa shape index (κ1) is 34.7. The van der Waals surface area contributed by atoms with Crippen molar-refractivity contribution in [2.75, 3.05) is 13.2 Å². The van der Waals surface area contributed by atoms with Crippen molar-refractivity contribution in [2.45, 2.75) is 80.9 Å². The lowest BCUT2D eigenvalue weighted by molar-refractivity contribution is -0.323. The Balaban J connectivity index is 1.68. The molecule has 0 radical (unpaired) electrons. The molecule has 17 heteroatoms. The number of carboxylic acid groups (broad SMARTS) is 2. The van der Waals surface area contributed by atoms with Crippen LogP contribution in [0.3, 0.4) is 0 Å². The van der Waals surface area contributed by atoms with E-state index in [2.05, 4.69) is 0 Å². The van der Waals surface area contributed by atoms with Crippen molar-refractivity contribution < 1.29 is 84.7 Å². The number of aliphatic hydroxyl groups is 8. The van der Waals surface area contributed by atoms with Gasteiger partial charge in [-0.3, -0.25) is 4.79 Å². The van der Waals surface area contributed by atoms with Gasteiger partial charge >= 0.3 is 11.9 Å². The number of aliphatic hydroxyl groups excluding tert-OH is 8. The number of rotatable bonds is 11. The molecule has 2 aliphatic rings. The topological polar surface area (TPSA) is 294 Å². The third-order valence-corrected chi connectivity index (χ3v) is 8.01. The molecule has 45 heavy (non-hydrogen) atoms. The van der Waals surface area contributed by atoms with E-state index < -0.39 is 116 Å². The highest BCUT2D eigenvalue weighted by Gasteiger charge is 2.48. The van der Waals surface area contributed by atoms with Gasteiger partial charge < -0.3 is 75.1 Å². The molecule has 2 aromatic carbocycles. The Bertz CT molecular complexity index is 1370. The summed E-state index contributed by atoms with van der Waals surface area (Å²) in [5.74, 6) is -5.48. The third kappa shape index (κ3) is 6.83. The maximum atomic E-state index is 12.3. The zero-order chi connectivity index (χ0) is 33.3. The number of aliphatic carboxylic acids is 1. The van der Waals surface area contributed by atoms with Crippen molar-refractivity contribution in [1.29, 1.82) is 0 Å². The number of aromatic carboxylic acids is 1. The standard InChI is InChI=1S/C28H36O17/c1-9(25(38)39)13(30)6-12-16(26(40)41)17(31)10-4-2-3-5-11(10)24(12)45-28-23(37)21(35)19(33)15(44-28)8-42-27-22(36)20(34)18(32)14(7-29)43-27/h2-5,9,13-15,18-23,27-37H,6-8H2,1H3,(H,38,39)(H,40,41)/t9-,13-,14-,15-,18+,19+,20-,21-,22-,23-,27+,28-/m1/s1. The Morgan fingerprint density at radius 1 is 0.844 bits per heavy atom. The van der Waals surface area contributed by atoms with Gasteiger partial charge in [0.25, 0.3) is 0 Å². The quantitative estimate of drug-likeness (QED) is 0.115. The van der Waals surface area contributed by atoms with Gasteiger partial charge in [0.2, 0.25) is 6.29 Å². The molecule has 0 aliphatic carbocycles. The summed E-state index contributed by atoms with van der Waals surface area (Å²) in [6.45, 7) is -0.234. The molecular formula is C28H36O17. The van der Waals surface area contributed by atoms with Gasteiger partial charge in [-0.1, -0.05) is 24.3 Å². The van der Waals surface area contributed by atoms with E-state index in [0.29, 0.717) is 0 Å². The lowest BCUT2D eigenvalue weighted by Crippen LogP contribution is -2.62. The Morgan fingerprint density at radius 2 is 1.40 bits per heavy atom. The van der Waals surface area contributed by atoms with E-state index in [4.69, 9.17) is 18.9 Å². The number of fused-ring (bicyclic) bond motifs is 1. The van der Waals surface area contributed by atoms with Crippen molar-refractivity contribution in [3.8, 4) is 11.5 Å². The molecule has 4 rings (SSSR count). The Hall–Kier alpha value is -3.20. The fourth-order valence-electron chi connectivity index (χ4n) is 5.21. The third-order valence-electron chi connectivity index (χ3n) is 8.01. The van der Waals surface area contributed by atoms with Gasteiger partial charge in [-0.25, -0.2) is 4.79 Å². The second-order valence-corrected chi connectivity index (χ2v) is 10.9. The van der Waals surface area contributed by atoms with Crippen molar-refractivity contribution >= 4 is 22.7 Å². The van der Waals surface area contributed by atoms with Gasteiger partial charge in [0, 0.05) is 22.8 Å². The van der Waals surface area contributed by atoms with Crippen LogP contribution in [0.5, 0.6) is 11.5 Å². The summed E-state index contributed by atoms with van der Waals surface area (Å²) in [7, 11) is 0. The molecule has 0 saturated carbocycles. The van der Waals surface area contributed by atoms with E-state index in [1.807, 2.05) is 0 Å². The second-order valence-electron chi connectivity index (χ2n) is 10.9. The lowest BCUT2D eigenvalue weighted by atomic mass is 9.90. The highest BCUT2D eigenvalue weighted by molar-refractivity contribution is 6.05. The van der Waals surface area contributed by atoms with Crippen LogP contribution < -0.4 is 4.74 Å². The minimum Gasteiger partial charge on any atom is -0.506 e. The van der Waals surface area contributed by atoms with Crippen LogP contribution in [0.4, 0.5) is 0 Å². The SMILES string of the molecule is C[C@@H](C(=O)O)[C@H](O)Cc1c(C(=O)O)c(O)c2ccccc2c1O[C@H]1O[C@H](CO[C@H]2O[C@H](CO)[C@H](O)[C@@H](O)[C@H]2O)[C@H](O)[C@@H](O)[C@H]1O. The van der Waals surface area contributed by atoms with Crippen molar-refractivity contribution in [3.63, 3.8) is 0 Å². The van der Waals surface area contributed by atoms with Gasteiger partial charge in [0.1, 0.15) is 65.9 Å². The molecule has 17 nitrogen and oxygen atoms in total. The summed E-state index contributed by atoms with van der Waals surface area (Å²) < 4.78 is 22.2. The second kappa shape index (κ2) is 14.1. The normalized spacial score (nSPS) is 33.4. The van der Waals surface area contributed by atoms with E-state index in [1.54, 1.807) is 0 Å². The monoisotopic (exact) mass is 644 g/mol. The van der Waals surface area contributed by atoms with Gasteiger partial charge in [-0.2, -0.15) is 0 Å². The molecular weight excluding hydrogens is 608 g/mol. The molecule has 0 bridgehead atoms. The molecule has 2 fully saturated rings. The van der Waals surface area contributed by atoms with E-state index in [9.17, 15) is 65.8 Å². The number of carbonyl (C=O) groups is 2. The van der Waals surface area contributed by atoms with Crippen LogP contribution >= 0.6 is 0 Å². The summed E-state index contributed by atoms with van der Waals surface area (Å²) in [5.41, 5.74) is -1.08. The molecule has 2 heterocycles.